The van der Waals surface area contributed by atoms with Crippen LogP contribution in [-0.4, -0.2) is 9.13 Å². The zero-order valence-corrected chi connectivity index (χ0v) is 28.4. The SMILES string of the molecule is c1ccc(-c2cccc3c2c2cc(-c4ccc5c(c4)c4ccccc4n5-c4ccccc4)ccc2n3-c2ccc3sc4ccccc4c3c2)cc1. The number of rotatable bonds is 4. The predicted octanol–water partition coefficient (Wildman–Crippen LogP) is 13.6. The van der Waals surface area contributed by atoms with Crippen molar-refractivity contribution < 1.29 is 0 Å². The molecule has 11 aromatic rings. The molecular weight excluding hydrogens is 637 g/mol. The minimum Gasteiger partial charge on any atom is -0.309 e. The molecule has 0 bridgehead atoms. The fraction of sp³-hybridized carbons (Fsp3) is 0. The van der Waals surface area contributed by atoms with Crippen LogP contribution in [-0.2, 0) is 0 Å². The quantitative estimate of drug-likeness (QED) is 0.177. The minimum absolute atomic E-state index is 1.17. The van der Waals surface area contributed by atoms with Crippen LogP contribution in [0.3, 0.4) is 0 Å². The number of benzene rings is 8. The van der Waals surface area contributed by atoms with Crippen LogP contribution >= 0.6 is 11.3 Å². The zero-order valence-electron chi connectivity index (χ0n) is 27.6. The number of hydrogen-bond donors (Lipinski definition) is 0. The Morgan fingerprint density at radius 1 is 0.314 bits per heavy atom. The minimum atomic E-state index is 1.17. The third-order valence-corrected chi connectivity index (χ3v) is 11.7. The molecule has 0 saturated carbocycles. The lowest BCUT2D eigenvalue weighted by atomic mass is 9.97. The van der Waals surface area contributed by atoms with E-state index in [-0.39, 0.29) is 0 Å². The average Bonchev–Trinajstić information content (AvgIpc) is 3.85. The molecule has 0 amide bonds. The highest BCUT2D eigenvalue weighted by molar-refractivity contribution is 7.25. The van der Waals surface area contributed by atoms with E-state index in [0.29, 0.717) is 0 Å². The Kier molecular flexibility index (Phi) is 6.16. The maximum Gasteiger partial charge on any atom is 0.0547 e. The van der Waals surface area contributed by atoms with Crippen LogP contribution in [0.25, 0.3) is 97.4 Å². The number of para-hydroxylation sites is 2. The lowest BCUT2D eigenvalue weighted by molar-refractivity contribution is 1.18. The third-order valence-electron chi connectivity index (χ3n) is 10.5. The largest absolute Gasteiger partial charge is 0.309 e. The van der Waals surface area contributed by atoms with Crippen LogP contribution in [0.1, 0.15) is 0 Å². The summed E-state index contributed by atoms with van der Waals surface area (Å²) in [4.78, 5) is 0. The molecule has 0 atom stereocenters. The Bertz CT molecular complexity index is 3130. The molecule has 8 aromatic carbocycles. The molecule has 0 spiro atoms. The highest BCUT2D eigenvalue weighted by atomic mass is 32.1. The Balaban J connectivity index is 1.17. The summed E-state index contributed by atoms with van der Waals surface area (Å²) in [7, 11) is 0. The number of thiophene rings is 1. The van der Waals surface area contributed by atoms with Crippen LogP contribution in [0.2, 0.25) is 0 Å². The molecule has 0 fully saturated rings. The molecule has 3 heterocycles. The third kappa shape index (κ3) is 4.29. The number of aromatic nitrogens is 2. The van der Waals surface area contributed by atoms with E-state index in [9.17, 15) is 0 Å². The van der Waals surface area contributed by atoms with Gasteiger partial charge in [-0.25, -0.2) is 0 Å². The van der Waals surface area contributed by atoms with Gasteiger partial charge in [0.15, 0.2) is 0 Å². The maximum absolute atomic E-state index is 2.46. The van der Waals surface area contributed by atoms with Crippen molar-refractivity contribution in [3.63, 3.8) is 0 Å². The molecule has 2 nitrogen and oxygen atoms in total. The molecule has 0 aliphatic carbocycles. The molecule has 0 saturated heterocycles. The van der Waals surface area contributed by atoms with Gasteiger partial charge in [0.05, 0.1) is 22.1 Å². The summed E-state index contributed by atoms with van der Waals surface area (Å²) in [5, 5.41) is 7.68. The summed E-state index contributed by atoms with van der Waals surface area (Å²) in [6, 6.07) is 66.7. The second-order valence-electron chi connectivity index (χ2n) is 13.3. The van der Waals surface area contributed by atoms with E-state index in [1.165, 1.54) is 97.4 Å². The first-order chi connectivity index (χ1) is 25.3. The van der Waals surface area contributed by atoms with Gasteiger partial charge in [-0.3, -0.25) is 0 Å². The van der Waals surface area contributed by atoms with Gasteiger partial charge in [0.1, 0.15) is 0 Å². The van der Waals surface area contributed by atoms with E-state index in [0.717, 1.165) is 0 Å². The van der Waals surface area contributed by atoms with Gasteiger partial charge in [-0.05, 0) is 95.1 Å². The van der Waals surface area contributed by atoms with Gasteiger partial charge in [0.2, 0.25) is 0 Å². The maximum atomic E-state index is 2.46. The van der Waals surface area contributed by atoms with Crippen molar-refractivity contribution in [1.82, 2.24) is 9.13 Å². The first-order valence-corrected chi connectivity index (χ1v) is 18.3. The number of fused-ring (bicyclic) bond motifs is 9. The topological polar surface area (TPSA) is 9.86 Å². The molecule has 0 N–H and O–H groups in total. The summed E-state index contributed by atoms with van der Waals surface area (Å²) in [6.07, 6.45) is 0. The number of nitrogens with zero attached hydrogens (tertiary/aromatic N) is 2. The van der Waals surface area contributed by atoms with Crippen LogP contribution < -0.4 is 0 Å². The average molecular weight is 667 g/mol. The predicted molar refractivity (Wildman–Crippen MR) is 219 cm³/mol. The van der Waals surface area contributed by atoms with Crippen LogP contribution in [0.4, 0.5) is 0 Å². The van der Waals surface area contributed by atoms with Gasteiger partial charge < -0.3 is 9.13 Å². The molecule has 51 heavy (non-hydrogen) atoms. The fourth-order valence-corrected chi connectivity index (χ4v) is 9.33. The van der Waals surface area contributed by atoms with E-state index in [1.807, 2.05) is 11.3 Å². The van der Waals surface area contributed by atoms with E-state index in [1.54, 1.807) is 0 Å². The second-order valence-corrected chi connectivity index (χ2v) is 14.4. The van der Waals surface area contributed by atoms with Crippen molar-refractivity contribution in [2.24, 2.45) is 0 Å². The van der Waals surface area contributed by atoms with Gasteiger partial charge in [-0.1, -0.05) is 109 Å². The Morgan fingerprint density at radius 2 is 0.922 bits per heavy atom. The van der Waals surface area contributed by atoms with E-state index < -0.39 is 0 Å². The Hall–Kier alpha value is -6.42. The van der Waals surface area contributed by atoms with E-state index in [4.69, 9.17) is 0 Å². The van der Waals surface area contributed by atoms with Crippen LogP contribution in [0.15, 0.2) is 182 Å². The highest BCUT2D eigenvalue weighted by Gasteiger charge is 2.19. The van der Waals surface area contributed by atoms with Crippen LogP contribution in [0, 0.1) is 0 Å². The normalized spacial score (nSPS) is 11.9. The molecule has 3 heteroatoms. The van der Waals surface area contributed by atoms with Gasteiger partial charge in [0.25, 0.3) is 0 Å². The van der Waals surface area contributed by atoms with Crippen molar-refractivity contribution in [2.45, 2.75) is 0 Å². The fourth-order valence-electron chi connectivity index (χ4n) is 8.25. The van der Waals surface area contributed by atoms with Crippen molar-refractivity contribution in [3.8, 4) is 33.6 Å². The summed E-state index contributed by atoms with van der Waals surface area (Å²) in [5.74, 6) is 0. The van der Waals surface area contributed by atoms with Crippen molar-refractivity contribution in [2.75, 3.05) is 0 Å². The summed E-state index contributed by atoms with van der Waals surface area (Å²) in [5.41, 5.74) is 12.1. The second kappa shape index (κ2) is 11.0. The van der Waals surface area contributed by atoms with Crippen LogP contribution in [0.5, 0.6) is 0 Å². The molecule has 0 aliphatic heterocycles. The summed E-state index contributed by atoms with van der Waals surface area (Å²) >= 11 is 1.86. The summed E-state index contributed by atoms with van der Waals surface area (Å²) in [6.45, 7) is 0. The van der Waals surface area contributed by atoms with E-state index in [2.05, 4.69) is 191 Å². The highest BCUT2D eigenvalue weighted by Crippen LogP contribution is 2.43. The first-order valence-electron chi connectivity index (χ1n) is 17.4. The Morgan fingerprint density at radius 3 is 1.75 bits per heavy atom. The van der Waals surface area contributed by atoms with E-state index >= 15 is 0 Å². The lowest BCUT2D eigenvalue weighted by Gasteiger charge is -2.10. The molecule has 11 rings (SSSR count). The smallest absolute Gasteiger partial charge is 0.0547 e. The van der Waals surface area contributed by atoms with Crippen molar-refractivity contribution >= 4 is 75.1 Å². The lowest BCUT2D eigenvalue weighted by Crippen LogP contribution is -1.93. The molecule has 0 unspecified atom stereocenters. The molecule has 238 valence electrons. The molecular formula is C48H30N2S. The molecule has 0 radical (unpaired) electrons. The molecule has 0 aliphatic rings. The first kappa shape index (κ1) is 28.4. The summed E-state index contributed by atoms with van der Waals surface area (Å²) < 4.78 is 7.48. The standard InChI is InChI=1S/C48H30N2S/c1-3-12-31(13-4-1)36-18-11-20-45-48(36)41-29-33(23-26-44(41)50(45)35-24-27-47-40(30-35)38-17-8-10-21-46(38)51-47)32-22-25-43-39(28-32)37-16-7-9-19-42(37)49(43)34-14-5-2-6-15-34/h1-30H. The van der Waals surface area contributed by atoms with Gasteiger partial charge in [-0.2, -0.15) is 0 Å². The molecule has 3 aromatic heterocycles. The monoisotopic (exact) mass is 666 g/mol. The van der Waals surface area contributed by atoms with Gasteiger partial charge >= 0.3 is 0 Å². The van der Waals surface area contributed by atoms with Crippen molar-refractivity contribution in [1.29, 1.82) is 0 Å². The van der Waals surface area contributed by atoms with Crippen molar-refractivity contribution in [3.05, 3.63) is 182 Å². The number of hydrogen-bond acceptors (Lipinski definition) is 1. The van der Waals surface area contributed by atoms with Gasteiger partial charge in [-0.15, -0.1) is 11.3 Å². The zero-order chi connectivity index (χ0) is 33.5. The van der Waals surface area contributed by atoms with Gasteiger partial charge in [0, 0.05) is 53.1 Å². The Labute approximate surface area is 298 Å².